The van der Waals surface area contributed by atoms with Gasteiger partial charge in [0.1, 0.15) is 0 Å². The summed E-state index contributed by atoms with van der Waals surface area (Å²) in [6.45, 7) is 8.55. The predicted octanol–water partition coefficient (Wildman–Crippen LogP) is 1.81. The highest BCUT2D eigenvalue weighted by Gasteiger charge is 2.32. The van der Waals surface area contributed by atoms with E-state index in [0.717, 1.165) is 18.5 Å². The summed E-state index contributed by atoms with van der Waals surface area (Å²) < 4.78 is 5.63. The fraction of sp³-hybridized carbons (Fsp3) is 0.625. The molecule has 2 N–H and O–H groups in total. The maximum Gasteiger partial charge on any atom is 0.223 e. The van der Waals surface area contributed by atoms with Crippen LogP contribution in [0.1, 0.15) is 43.5 Å². The number of hydrogen-bond donors (Lipinski definition) is 2. The van der Waals surface area contributed by atoms with E-state index in [4.69, 9.17) is 4.74 Å². The van der Waals surface area contributed by atoms with Gasteiger partial charge < -0.3 is 15.0 Å². The maximum atomic E-state index is 12.3. The lowest BCUT2D eigenvalue weighted by molar-refractivity contribution is -0.135. The number of aromatic amines is 1. The van der Waals surface area contributed by atoms with Gasteiger partial charge in [0, 0.05) is 35.5 Å². The number of rotatable bonds is 3. The minimum atomic E-state index is -0.242. The molecule has 2 heterocycles. The normalized spacial score (nSPS) is 21.0. The molecule has 2 rings (SSSR count). The van der Waals surface area contributed by atoms with Crippen LogP contribution in [0.4, 0.5) is 0 Å². The number of aryl methyl sites for hydroxylation is 1. The largest absolute Gasteiger partial charge is 0.376 e. The Balaban J connectivity index is 1.99. The summed E-state index contributed by atoms with van der Waals surface area (Å²) in [5, 5.41) is 2.93. The van der Waals surface area contributed by atoms with Crippen LogP contribution in [-0.4, -0.2) is 23.1 Å². The van der Waals surface area contributed by atoms with Crippen LogP contribution >= 0.6 is 0 Å². The lowest BCUT2D eigenvalue weighted by Crippen LogP contribution is -2.41. The quantitative estimate of drug-likeness (QED) is 0.892. The van der Waals surface area contributed by atoms with Gasteiger partial charge in [-0.25, -0.2) is 0 Å². The minimum Gasteiger partial charge on any atom is -0.376 e. The smallest absolute Gasteiger partial charge is 0.223 e. The first-order valence-electron chi connectivity index (χ1n) is 7.39. The van der Waals surface area contributed by atoms with Gasteiger partial charge in [-0.3, -0.25) is 9.59 Å². The van der Waals surface area contributed by atoms with Crippen LogP contribution in [0.15, 0.2) is 11.0 Å². The fourth-order valence-corrected chi connectivity index (χ4v) is 2.76. The van der Waals surface area contributed by atoms with Crippen molar-refractivity contribution in [2.24, 2.45) is 5.92 Å². The Hall–Kier alpha value is -1.62. The first kappa shape index (κ1) is 15.8. The number of H-pyrrole nitrogens is 1. The molecule has 5 heteroatoms. The molecule has 0 aliphatic carbocycles. The second-order valence-electron chi connectivity index (χ2n) is 6.42. The molecule has 1 unspecified atom stereocenters. The number of carbonyl (C=O) groups excluding carboxylic acids is 1. The van der Waals surface area contributed by atoms with Crippen molar-refractivity contribution in [1.82, 2.24) is 10.3 Å². The van der Waals surface area contributed by atoms with Crippen molar-refractivity contribution in [2.75, 3.05) is 6.61 Å². The average molecular weight is 292 g/mol. The number of pyridine rings is 1. The monoisotopic (exact) mass is 292 g/mol. The molecule has 1 amide bonds. The molecule has 1 aromatic rings. The summed E-state index contributed by atoms with van der Waals surface area (Å²) in [5.41, 5.74) is 1.92. The van der Waals surface area contributed by atoms with Gasteiger partial charge in [-0.1, -0.05) is 0 Å². The van der Waals surface area contributed by atoms with Gasteiger partial charge in [0.15, 0.2) is 5.43 Å². The van der Waals surface area contributed by atoms with Crippen LogP contribution in [0.2, 0.25) is 0 Å². The first-order chi connectivity index (χ1) is 9.80. The second-order valence-corrected chi connectivity index (χ2v) is 6.42. The molecule has 0 saturated carbocycles. The van der Waals surface area contributed by atoms with Crippen LogP contribution < -0.4 is 10.7 Å². The van der Waals surface area contributed by atoms with E-state index in [0.29, 0.717) is 24.3 Å². The topological polar surface area (TPSA) is 71.2 Å². The summed E-state index contributed by atoms with van der Waals surface area (Å²) in [7, 11) is 0. The lowest BCUT2D eigenvalue weighted by atomic mass is 9.88. The number of carbonyl (C=O) groups is 1. The highest BCUT2D eigenvalue weighted by atomic mass is 16.5. The summed E-state index contributed by atoms with van der Waals surface area (Å²) in [6, 6.07) is 0. The molecule has 1 saturated heterocycles. The van der Waals surface area contributed by atoms with Crippen LogP contribution in [0.3, 0.4) is 0 Å². The average Bonchev–Trinajstić information content (AvgIpc) is 2.42. The molecular formula is C16H24N2O3. The van der Waals surface area contributed by atoms with E-state index in [2.05, 4.69) is 10.3 Å². The van der Waals surface area contributed by atoms with Crippen LogP contribution in [0.25, 0.3) is 0 Å². The number of amides is 1. The Labute approximate surface area is 125 Å². The van der Waals surface area contributed by atoms with E-state index in [1.54, 1.807) is 20.0 Å². The first-order valence-corrected chi connectivity index (χ1v) is 7.39. The van der Waals surface area contributed by atoms with E-state index < -0.39 is 0 Å². The van der Waals surface area contributed by atoms with Crippen molar-refractivity contribution in [3.8, 4) is 0 Å². The van der Waals surface area contributed by atoms with Gasteiger partial charge >= 0.3 is 0 Å². The molecule has 0 spiro atoms. The van der Waals surface area contributed by atoms with E-state index in [-0.39, 0.29) is 22.9 Å². The number of nitrogens with one attached hydrogen (secondary N) is 2. The van der Waals surface area contributed by atoms with Crippen molar-refractivity contribution in [3.05, 3.63) is 33.2 Å². The summed E-state index contributed by atoms with van der Waals surface area (Å²) >= 11 is 0. The van der Waals surface area contributed by atoms with E-state index in [9.17, 15) is 9.59 Å². The number of aromatic nitrogens is 1. The molecule has 1 fully saturated rings. The lowest BCUT2D eigenvalue weighted by Gasteiger charge is -2.34. The van der Waals surface area contributed by atoms with E-state index >= 15 is 0 Å². The Morgan fingerprint density at radius 1 is 1.48 bits per heavy atom. The number of ether oxygens (including phenoxy) is 1. The third kappa shape index (κ3) is 3.73. The van der Waals surface area contributed by atoms with E-state index in [1.807, 2.05) is 13.8 Å². The van der Waals surface area contributed by atoms with Crippen LogP contribution in [-0.2, 0) is 16.1 Å². The van der Waals surface area contributed by atoms with Crippen LogP contribution in [0, 0.1) is 19.8 Å². The molecule has 0 bridgehead atoms. The highest BCUT2D eigenvalue weighted by molar-refractivity contribution is 5.78. The van der Waals surface area contributed by atoms with Gasteiger partial charge in [-0.05, 0) is 40.5 Å². The predicted molar refractivity (Wildman–Crippen MR) is 81.1 cm³/mol. The van der Waals surface area contributed by atoms with Crippen LogP contribution in [0.5, 0.6) is 0 Å². The van der Waals surface area contributed by atoms with Gasteiger partial charge in [0.25, 0.3) is 0 Å². The molecule has 0 aromatic carbocycles. The zero-order chi connectivity index (χ0) is 15.6. The van der Waals surface area contributed by atoms with Gasteiger partial charge in [-0.2, -0.15) is 0 Å². The molecule has 1 aromatic heterocycles. The van der Waals surface area contributed by atoms with Crippen molar-refractivity contribution in [2.45, 2.75) is 52.7 Å². The Morgan fingerprint density at radius 3 is 2.86 bits per heavy atom. The van der Waals surface area contributed by atoms with Gasteiger partial charge in [-0.15, -0.1) is 0 Å². The summed E-state index contributed by atoms with van der Waals surface area (Å²) in [5.74, 6) is 0.0124. The molecule has 21 heavy (non-hydrogen) atoms. The molecule has 0 radical (unpaired) electrons. The Kier molecular flexibility index (Phi) is 4.52. The number of hydrogen-bond acceptors (Lipinski definition) is 3. The maximum absolute atomic E-state index is 12.3. The van der Waals surface area contributed by atoms with Gasteiger partial charge in [0.2, 0.25) is 5.91 Å². The van der Waals surface area contributed by atoms with E-state index in [1.165, 1.54) is 0 Å². The molecule has 1 atom stereocenters. The summed E-state index contributed by atoms with van der Waals surface area (Å²) in [6.07, 6.45) is 3.16. The Morgan fingerprint density at radius 2 is 2.19 bits per heavy atom. The van der Waals surface area contributed by atoms with Crippen molar-refractivity contribution < 1.29 is 9.53 Å². The van der Waals surface area contributed by atoms with Gasteiger partial charge in [0.05, 0.1) is 12.1 Å². The second kappa shape index (κ2) is 6.02. The van der Waals surface area contributed by atoms with Crippen molar-refractivity contribution in [1.29, 1.82) is 0 Å². The molecule has 1 aliphatic heterocycles. The molecule has 1 aliphatic rings. The summed E-state index contributed by atoms with van der Waals surface area (Å²) in [4.78, 5) is 27.2. The van der Waals surface area contributed by atoms with Crippen molar-refractivity contribution in [3.63, 3.8) is 0 Å². The zero-order valence-electron chi connectivity index (χ0n) is 13.2. The Bertz CT molecular complexity index is 590. The molecule has 5 nitrogen and oxygen atoms in total. The highest BCUT2D eigenvalue weighted by Crippen LogP contribution is 2.28. The standard InChI is InChI=1S/C16H24N2O3/c1-10-8-17-13(11(2)14(10)19)9-18-15(20)12-5-6-21-16(3,4)7-12/h8,12H,5-7,9H2,1-4H3,(H,17,19)(H,18,20). The van der Waals surface area contributed by atoms with Crippen molar-refractivity contribution >= 4 is 5.91 Å². The zero-order valence-corrected chi connectivity index (χ0v) is 13.2. The molecular weight excluding hydrogens is 268 g/mol. The molecule has 116 valence electrons. The third-order valence-electron chi connectivity index (χ3n) is 4.12. The fourth-order valence-electron chi connectivity index (χ4n) is 2.76. The third-order valence-corrected chi connectivity index (χ3v) is 4.12. The minimum absolute atomic E-state index is 0.0220. The SMILES string of the molecule is Cc1c[nH]c(CNC(=O)C2CCOC(C)(C)C2)c(C)c1=O.